The number of pyridine rings is 1. The van der Waals surface area contributed by atoms with E-state index in [1.54, 1.807) is 36.7 Å². The molecular weight excluding hydrogens is 469 g/mol. The molecule has 10 heteroatoms. The summed E-state index contributed by atoms with van der Waals surface area (Å²) >= 11 is 13.5. The SMILES string of the molecule is COc1ccc(Cl)cc1NC(=O)CSc1nnc(-c2ccncc2)n1-c1cccc(Cl)c1. The molecule has 4 rings (SSSR count). The van der Waals surface area contributed by atoms with E-state index in [1.807, 2.05) is 34.9 Å². The molecule has 4 aromatic rings. The highest BCUT2D eigenvalue weighted by atomic mass is 35.5. The number of hydrogen-bond donors (Lipinski definition) is 1. The minimum Gasteiger partial charge on any atom is -0.495 e. The first-order chi connectivity index (χ1) is 15.5. The molecule has 32 heavy (non-hydrogen) atoms. The molecule has 2 aromatic heterocycles. The Balaban J connectivity index is 1.60. The summed E-state index contributed by atoms with van der Waals surface area (Å²) in [5, 5.41) is 13.1. The number of methoxy groups -OCH3 is 1. The summed E-state index contributed by atoms with van der Waals surface area (Å²) in [7, 11) is 1.53. The minimum absolute atomic E-state index is 0.102. The highest BCUT2D eigenvalue weighted by molar-refractivity contribution is 7.99. The zero-order valence-corrected chi connectivity index (χ0v) is 19.2. The zero-order chi connectivity index (χ0) is 22.5. The van der Waals surface area contributed by atoms with Crippen molar-refractivity contribution in [2.24, 2.45) is 0 Å². The van der Waals surface area contributed by atoms with Crippen molar-refractivity contribution in [2.45, 2.75) is 5.16 Å². The normalized spacial score (nSPS) is 10.7. The van der Waals surface area contributed by atoms with Crippen molar-refractivity contribution in [3.8, 4) is 22.8 Å². The molecule has 162 valence electrons. The number of carbonyl (C=O) groups excluding carboxylic acids is 1. The molecule has 0 fully saturated rings. The zero-order valence-electron chi connectivity index (χ0n) is 16.8. The first-order valence-electron chi connectivity index (χ1n) is 9.43. The third-order valence-electron chi connectivity index (χ3n) is 4.41. The molecule has 7 nitrogen and oxygen atoms in total. The Labute approximate surface area is 198 Å². The Morgan fingerprint density at radius 2 is 1.84 bits per heavy atom. The maximum absolute atomic E-state index is 12.6. The van der Waals surface area contributed by atoms with Gasteiger partial charge in [-0.05, 0) is 48.5 Å². The summed E-state index contributed by atoms with van der Waals surface area (Å²) in [5.74, 6) is 1.01. The van der Waals surface area contributed by atoms with Crippen LogP contribution in [0.3, 0.4) is 0 Å². The molecule has 1 N–H and O–H groups in total. The van der Waals surface area contributed by atoms with E-state index in [4.69, 9.17) is 27.9 Å². The van der Waals surface area contributed by atoms with Gasteiger partial charge in [0.1, 0.15) is 5.75 Å². The summed E-state index contributed by atoms with van der Waals surface area (Å²) in [6.45, 7) is 0. The van der Waals surface area contributed by atoms with Crippen molar-refractivity contribution in [3.63, 3.8) is 0 Å². The average molecular weight is 486 g/mol. The summed E-state index contributed by atoms with van der Waals surface area (Å²) in [5.41, 5.74) is 2.13. The molecule has 0 aliphatic heterocycles. The van der Waals surface area contributed by atoms with Gasteiger partial charge in [-0.25, -0.2) is 0 Å². The number of amides is 1. The fourth-order valence-electron chi connectivity index (χ4n) is 2.99. The summed E-state index contributed by atoms with van der Waals surface area (Å²) < 4.78 is 7.14. The summed E-state index contributed by atoms with van der Waals surface area (Å²) in [4.78, 5) is 16.7. The minimum atomic E-state index is -0.235. The number of hydrogen-bond acceptors (Lipinski definition) is 6. The van der Waals surface area contributed by atoms with E-state index < -0.39 is 0 Å². The van der Waals surface area contributed by atoms with Crippen LogP contribution in [0.5, 0.6) is 5.75 Å². The van der Waals surface area contributed by atoms with Crippen molar-refractivity contribution in [1.82, 2.24) is 19.7 Å². The molecule has 0 aliphatic rings. The molecule has 2 heterocycles. The van der Waals surface area contributed by atoms with Gasteiger partial charge < -0.3 is 10.1 Å². The number of nitrogens with one attached hydrogen (secondary N) is 1. The first kappa shape index (κ1) is 22.1. The van der Waals surface area contributed by atoms with Crippen LogP contribution in [0.1, 0.15) is 0 Å². The second-order valence-electron chi connectivity index (χ2n) is 6.54. The van der Waals surface area contributed by atoms with Crippen LogP contribution in [0.15, 0.2) is 72.1 Å². The van der Waals surface area contributed by atoms with Gasteiger partial charge in [0.25, 0.3) is 0 Å². The Bertz CT molecular complexity index is 1250. The molecule has 0 saturated carbocycles. The van der Waals surface area contributed by atoms with Crippen LogP contribution < -0.4 is 10.1 Å². The lowest BCUT2D eigenvalue weighted by Crippen LogP contribution is -2.15. The van der Waals surface area contributed by atoms with E-state index in [9.17, 15) is 4.79 Å². The fourth-order valence-corrected chi connectivity index (χ4v) is 4.10. The largest absolute Gasteiger partial charge is 0.495 e. The monoisotopic (exact) mass is 485 g/mol. The summed E-state index contributed by atoms with van der Waals surface area (Å²) in [6, 6.07) is 16.1. The highest BCUT2D eigenvalue weighted by Gasteiger charge is 2.18. The summed E-state index contributed by atoms with van der Waals surface area (Å²) in [6.07, 6.45) is 3.37. The third kappa shape index (κ3) is 5.04. The molecule has 0 unspecified atom stereocenters. The van der Waals surface area contributed by atoms with Crippen molar-refractivity contribution in [3.05, 3.63) is 77.0 Å². The van der Waals surface area contributed by atoms with E-state index in [2.05, 4.69) is 20.5 Å². The Morgan fingerprint density at radius 3 is 2.59 bits per heavy atom. The van der Waals surface area contributed by atoms with Gasteiger partial charge in [0, 0.05) is 28.0 Å². The molecule has 2 aromatic carbocycles. The predicted octanol–water partition coefficient (Wildman–Crippen LogP) is 5.38. The lowest BCUT2D eigenvalue weighted by molar-refractivity contribution is -0.113. The number of benzene rings is 2. The number of nitrogens with zero attached hydrogens (tertiary/aromatic N) is 4. The van der Waals surface area contributed by atoms with Crippen LogP contribution in [-0.2, 0) is 4.79 Å². The van der Waals surface area contributed by atoms with Crippen LogP contribution in [0.25, 0.3) is 17.1 Å². The molecule has 0 atom stereocenters. The number of anilines is 1. The lowest BCUT2D eigenvalue weighted by Gasteiger charge is -2.12. The lowest BCUT2D eigenvalue weighted by atomic mass is 10.2. The highest BCUT2D eigenvalue weighted by Crippen LogP contribution is 2.30. The van der Waals surface area contributed by atoms with E-state index >= 15 is 0 Å². The standard InChI is InChI=1S/C22H17Cl2N5O2S/c1-31-19-6-5-16(24)12-18(19)26-20(30)13-32-22-28-27-21(14-7-9-25-10-8-14)29(22)17-4-2-3-15(23)11-17/h2-12H,13H2,1H3,(H,26,30). The molecule has 1 amide bonds. The second kappa shape index (κ2) is 10.0. The van der Waals surface area contributed by atoms with Crippen molar-refractivity contribution in [1.29, 1.82) is 0 Å². The number of thioether (sulfide) groups is 1. The van der Waals surface area contributed by atoms with E-state index in [0.29, 0.717) is 32.5 Å². The Morgan fingerprint density at radius 1 is 1.06 bits per heavy atom. The van der Waals surface area contributed by atoms with Crippen LogP contribution in [0.4, 0.5) is 5.69 Å². The Hall–Kier alpha value is -3.07. The van der Waals surface area contributed by atoms with Crippen molar-refractivity contribution >= 4 is 46.6 Å². The van der Waals surface area contributed by atoms with Gasteiger partial charge in [-0.15, -0.1) is 10.2 Å². The maximum Gasteiger partial charge on any atom is 0.234 e. The van der Waals surface area contributed by atoms with Crippen LogP contribution in [0.2, 0.25) is 10.0 Å². The molecular formula is C22H17Cl2N5O2S. The van der Waals surface area contributed by atoms with Crippen LogP contribution >= 0.6 is 35.0 Å². The number of halogens is 2. The quantitative estimate of drug-likeness (QED) is 0.354. The van der Waals surface area contributed by atoms with Gasteiger partial charge in [-0.1, -0.05) is 41.0 Å². The Kier molecular flexibility index (Phi) is 6.94. The average Bonchev–Trinajstić information content (AvgIpc) is 3.22. The van der Waals surface area contributed by atoms with Crippen molar-refractivity contribution in [2.75, 3.05) is 18.2 Å². The van der Waals surface area contributed by atoms with E-state index in [-0.39, 0.29) is 11.7 Å². The van der Waals surface area contributed by atoms with Gasteiger partial charge in [0.05, 0.1) is 24.2 Å². The number of rotatable bonds is 7. The van der Waals surface area contributed by atoms with Crippen LogP contribution in [0, 0.1) is 0 Å². The third-order valence-corrected chi connectivity index (χ3v) is 5.81. The number of aromatic nitrogens is 4. The van der Waals surface area contributed by atoms with Gasteiger partial charge >= 0.3 is 0 Å². The van der Waals surface area contributed by atoms with Gasteiger partial charge in [-0.2, -0.15) is 0 Å². The second-order valence-corrected chi connectivity index (χ2v) is 8.35. The smallest absolute Gasteiger partial charge is 0.234 e. The van der Waals surface area contributed by atoms with Crippen molar-refractivity contribution < 1.29 is 9.53 Å². The maximum atomic E-state index is 12.6. The molecule has 0 bridgehead atoms. The topological polar surface area (TPSA) is 81.9 Å². The first-order valence-corrected chi connectivity index (χ1v) is 11.2. The molecule has 0 saturated heterocycles. The molecule has 0 radical (unpaired) electrons. The van der Waals surface area contributed by atoms with Gasteiger partial charge in [0.2, 0.25) is 5.91 Å². The van der Waals surface area contributed by atoms with Crippen LogP contribution in [-0.4, -0.2) is 38.5 Å². The predicted molar refractivity (Wildman–Crippen MR) is 127 cm³/mol. The number of ether oxygens (including phenoxy) is 1. The van der Waals surface area contributed by atoms with Gasteiger partial charge in [-0.3, -0.25) is 14.3 Å². The van der Waals surface area contributed by atoms with E-state index in [1.165, 1.54) is 18.9 Å². The molecule has 0 aliphatic carbocycles. The van der Waals surface area contributed by atoms with Gasteiger partial charge in [0.15, 0.2) is 11.0 Å². The van der Waals surface area contributed by atoms with E-state index in [0.717, 1.165) is 11.3 Å². The fraction of sp³-hybridized carbons (Fsp3) is 0.0909. The molecule has 0 spiro atoms. The number of carbonyl (C=O) groups is 1.